The van der Waals surface area contributed by atoms with E-state index in [0.717, 1.165) is 19.5 Å². The van der Waals surface area contributed by atoms with E-state index in [0.29, 0.717) is 6.61 Å². The molecule has 0 rings (SSSR count). The van der Waals surface area contributed by atoms with Gasteiger partial charge in [-0.05, 0) is 46.7 Å². The molecule has 0 amide bonds. The smallest absolute Gasteiger partial charge is 0.311 e. The standard InChI is InChI=1S/C12H25NO2/c1-5-6-8-13-9-7-10-15-11(14)12(2,3)4/h13H,5-10H2,1-4H3. The Balaban J connectivity index is 3.28. The van der Waals surface area contributed by atoms with Gasteiger partial charge in [-0.2, -0.15) is 0 Å². The van der Waals surface area contributed by atoms with Gasteiger partial charge in [0.2, 0.25) is 0 Å². The Kier molecular flexibility index (Phi) is 7.39. The highest BCUT2D eigenvalue weighted by Gasteiger charge is 2.22. The van der Waals surface area contributed by atoms with Crippen LogP contribution in [0.25, 0.3) is 0 Å². The zero-order chi connectivity index (χ0) is 11.7. The topological polar surface area (TPSA) is 38.3 Å². The summed E-state index contributed by atoms with van der Waals surface area (Å²) in [5.41, 5.74) is -0.379. The van der Waals surface area contributed by atoms with Crippen molar-refractivity contribution in [2.45, 2.75) is 47.0 Å². The van der Waals surface area contributed by atoms with Crippen LogP contribution in [0.1, 0.15) is 47.0 Å². The number of esters is 1. The van der Waals surface area contributed by atoms with Crippen LogP contribution in [0.15, 0.2) is 0 Å². The molecule has 0 spiro atoms. The van der Waals surface area contributed by atoms with Gasteiger partial charge in [0.25, 0.3) is 0 Å². The molecular formula is C12H25NO2. The number of hydrogen-bond donors (Lipinski definition) is 1. The van der Waals surface area contributed by atoms with E-state index in [2.05, 4.69) is 12.2 Å². The molecule has 0 fully saturated rings. The molecule has 15 heavy (non-hydrogen) atoms. The average molecular weight is 215 g/mol. The number of ether oxygens (including phenoxy) is 1. The minimum atomic E-state index is -0.379. The fourth-order valence-electron chi connectivity index (χ4n) is 1.01. The SMILES string of the molecule is CCCCNCCCOC(=O)C(C)(C)C. The maximum Gasteiger partial charge on any atom is 0.311 e. The molecule has 0 aromatic carbocycles. The molecular weight excluding hydrogens is 190 g/mol. The molecule has 0 saturated carbocycles. The van der Waals surface area contributed by atoms with Gasteiger partial charge in [0.1, 0.15) is 0 Å². The van der Waals surface area contributed by atoms with Crippen molar-refractivity contribution in [1.29, 1.82) is 0 Å². The summed E-state index contributed by atoms with van der Waals surface area (Å²) in [6.45, 7) is 10.3. The summed E-state index contributed by atoms with van der Waals surface area (Å²) < 4.78 is 5.13. The van der Waals surface area contributed by atoms with Gasteiger partial charge in [0, 0.05) is 0 Å². The second-order valence-electron chi connectivity index (χ2n) is 4.84. The number of carbonyl (C=O) groups is 1. The quantitative estimate of drug-likeness (QED) is 0.523. The first-order valence-electron chi connectivity index (χ1n) is 5.86. The van der Waals surface area contributed by atoms with Crippen molar-refractivity contribution in [2.75, 3.05) is 19.7 Å². The highest BCUT2D eigenvalue weighted by atomic mass is 16.5. The number of hydrogen-bond acceptors (Lipinski definition) is 3. The summed E-state index contributed by atoms with van der Waals surface area (Å²) in [6, 6.07) is 0. The summed E-state index contributed by atoms with van der Waals surface area (Å²) in [4.78, 5) is 11.4. The van der Waals surface area contributed by atoms with Crippen LogP contribution in [-0.4, -0.2) is 25.7 Å². The fourth-order valence-corrected chi connectivity index (χ4v) is 1.01. The predicted octanol–water partition coefficient (Wildman–Crippen LogP) is 2.36. The molecule has 0 aliphatic rings. The average Bonchev–Trinajstić information content (AvgIpc) is 2.14. The van der Waals surface area contributed by atoms with E-state index in [1.54, 1.807) is 0 Å². The van der Waals surface area contributed by atoms with Crippen LogP contribution in [0, 0.1) is 5.41 Å². The first kappa shape index (κ1) is 14.4. The second kappa shape index (κ2) is 7.69. The Bertz CT molecular complexity index is 173. The molecule has 0 radical (unpaired) electrons. The van der Waals surface area contributed by atoms with Crippen LogP contribution in [-0.2, 0) is 9.53 Å². The highest BCUT2D eigenvalue weighted by Crippen LogP contribution is 2.14. The molecule has 0 heterocycles. The molecule has 0 unspecified atom stereocenters. The Morgan fingerprint density at radius 3 is 2.33 bits per heavy atom. The van der Waals surface area contributed by atoms with Gasteiger partial charge in [0.05, 0.1) is 12.0 Å². The molecule has 3 nitrogen and oxygen atoms in total. The summed E-state index contributed by atoms with van der Waals surface area (Å²) in [7, 11) is 0. The zero-order valence-electron chi connectivity index (χ0n) is 10.6. The van der Waals surface area contributed by atoms with E-state index < -0.39 is 0 Å². The normalized spacial score (nSPS) is 11.5. The molecule has 0 aliphatic heterocycles. The van der Waals surface area contributed by atoms with E-state index in [9.17, 15) is 4.79 Å². The summed E-state index contributed by atoms with van der Waals surface area (Å²) >= 11 is 0. The number of rotatable bonds is 7. The third-order valence-corrected chi connectivity index (χ3v) is 2.05. The van der Waals surface area contributed by atoms with E-state index in [1.165, 1.54) is 12.8 Å². The Morgan fingerprint density at radius 1 is 1.20 bits per heavy atom. The predicted molar refractivity (Wildman–Crippen MR) is 62.8 cm³/mol. The highest BCUT2D eigenvalue weighted by molar-refractivity contribution is 5.75. The van der Waals surface area contributed by atoms with Gasteiger partial charge >= 0.3 is 5.97 Å². The van der Waals surface area contributed by atoms with Gasteiger partial charge in [-0.3, -0.25) is 4.79 Å². The first-order chi connectivity index (χ1) is 6.98. The summed E-state index contributed by atoms with van der Waals surface area (Å²) in [6.07, 6.45) is 3.32. The molecule has 0 atom stereocenters. The maximum atomic E-state index is 11.4. The van der Waals surface area contributed by atoms with Crippen molar-refractivity contribution in [3.63, 3.8) is 0 Å². The van der Waals surface area contributed by atoms with E-state index in [1.807, 2.05) is 20.8 Å². The van der Waals surface area contributed by atoms with E-state index in [4.69, 9.17) is 4.74 Å². The van der Waals surface area contributed by atoms with Gasteiger partial charge < -0.3 is 10.1 Å². The molecule has 0 aromatic rings. The Hall–Kier alpha value is -0.570. The third kappa shape index (κ3) is 8.43. The van der Waals surface area contributed by atoms with Crippen LogP contribution in [0.3, 0.4) is 0 Å². The minimum Gasteiger partial charge on any atom is -0.465 e. The first-order valence-corrected chi connectivity index (χ1v) is 5.86. The molecule has 0 saturated heterocycles. The largest absolute Gasteiger partial charge is 0.465 e. The lowest BCUT2D eigenvalue weighted by atomic mass is 9.97. The lowest BCUT2D eigenvalue weighted by Gasteiger charge is -2.16. The van der Waals surface area contributed by atoms with Crippen molar-refractivity contribution < 1.29 is 9.53 Å². The Morgan fingerprint density at radius 2 is 1.80 bits per heavy atom. The molecule has 0 aromatic heterocycles. The van der Waals surface area contributed by atoms with Gasteiger partial charge in [-0.15, -0.1) is 0 Å². The minimum absolute atomic E-state index is 0.115. The summed E-state index contributed by atoms with van der Waals surface area (Å²) in [5, 5.41) is 3.31. The van der Waals surface area contributed by atoms with Crippen molar-refractivity contribution in [2.24, 2.45) is 5.41 Å². The van der Waals surface area contributed by atoms with Crippen LogP contribution in [0.4, 0.5) is 0 Å². The van der Waals surface area contributed by atoms with E-state index in [-0.39, 0.29) is 11.4 Å². The summed E-state index contributed by atoms with van der Waals surface area (Å²) in [5.74, 6) is -0.115. The monoisotopic (exact) mass is 215 g/mol. The molecule has 0 aliphatic carbocycles. The lowest BCUT2D eigenvalue weighted by Crippen LogP contribution is -2.25. The molecule has 3 heteroatoms. The second-order valence-corrected chi connectivity index (χ2v) is 4.84. The molecule has 90 valence electrons. The van der Waals surface area contributed by atoms with Gasteiger partial charge in [-0.1, -0.05) is 13.3 Å². The number of carbonyl (C=O) groups excluding carboxylic acids is 1. The Labute approximate surface area is 93.6 Å². The zero-order valence-corrected chi connectivity index (χ0v) is 10.6. The van der Waals surface area contributed by atoms with E-state index >= 15 is 0 Å². The third-order valence-electron chi connectivity index (χ3n) is 2.05. The maximum absolute atomic E-state index is 11.4. The van der Waals surface area contributed by atoms with Crippen LogP contribution < -0.4 is 5.32 Å². The van der Waals surface area contributed by atoms with Crippen molar-refractivity contribution >= 4 is 5.97 Å². The number of nitrogens with one attached hydrogen (secondary N) is 1. The van der Waals surface area contributed by atoms with Gasteiger partial charge in [0.15, 0.2) is 0 Å². The number of unbranched alkanes of at least 4 members (excludes halogenated alkanes) is 1. The van der Waals surface area contributed by atoms with Crippen molar-refractivity contribution in [3.8, 4) is 0 Å². The molecule has 1 N–H and O–H groups in total. The van der Waals surface area contributed by atoms with Gasteiger partial charge in [-0.25, -0.2) is 0 Å². The van der Waals surface area contributed by atoms with Crippen LogP contribution in [0.5, 0.6) is 0 Å². The van der Waals surface area contributed by atoms with Crippen LogP contribution in [0.2, 0.25) is 0 Å². The fraction of sp³-hybridized carbons (Fsp3) is 0.917. The van der Waals surface area contributed by atoms with Crippen molar-refractivity contribution in [3.05, 3.63) is 0 Å². The van der Waals surface area contributed by atoms with Crippen LogP contribution >= 0.6 is 0 Å². The lowest BCUT2D eigenvalue weighted by molar-refractivity contribution is -0.152. The molecule has 0 bridgehead atoms. The van der Waals surface area contributed by atoms with Crippen molar-refractivity contribution in [1.82, 2.24) is 5.32 Å².